The Morgan fingerprint density at radius 3 is 2.55 bits per heavy atom. The lowest BCUT2D eigenvalue weighted by Crippen LogP contribution is -2.48. The number of sulfone groups is 1. The minimum absolute atomic E-state index is 0.161. The molecule has 1 aliphatic rings. The van der Waals surface area contributed by atoms with Crippen molar-refractivity contribution >= 4 is 9.84 Å². The van der Waals surface area contributed by atoms with Crippen molar-refractivity contribution < 1.29 is 8.42 Å². The third-order valence-electron chi connectivity index (χ3n) is 2.28. The van der Waals surface area contributed by atoms with E-state index in [4.69, 9.17) is 0 Å². The Balaban J connectivity index is 2.82. The maximum atomic E-state index is 11.5. The molecule has 1 aliphatic heterocycles. The second kappa shape index (κ2) is 3.11. The summed E-state index contributed by atoms with van der Waals surface area (Å²) in [5, 5.41) is 2.74. The van der Waals surface area contributed by atoms with E-state index in [0.717, 1.165) is 6.42 Å². The molecule has 0 radical (unpaired) electrons. The normalized spacial score (nSPS) is 36.9. The summed E-state index contributed by atoms with van der Waals surface area (Å²) in [4.78, 5) is 0. The lowest BCUT2D eigenvalue weighted by Gasteiger charge is -2.27. The SMILES string of the molecule is CCC1CNCC(C)S1(=O)=O. The maximum Gasteiger partial charge on any atom is 0.158 e. The van der Waals surface area contributed by atoms with Crippen molar-refractivity contribution in [2.24, 2.45) is 0 Å². The fourth-order valence-electron chi connectivity index (χ4n) is 1.39. The van der Waals surface area contributed by atoms with Crippen LogP contribution >= 0.6 is 0 Å². The van der Waals surface area contributed by atoms with Gasteiger partial charge in [-0.05, 0) is 13.3 Å². The van der Waals surface area contributed by atoms with Crippen LogP contribution in [0.5, 0.6) is 0 Å². The van der Waals surface area contributed by atoms with Crippen molar-refractivity contribution in [1.29, 1.82) is 0 Å². The first-order valence-corrected chi connectivity index (χ1v) is 5.63. The zero-order valence-electron chi connectivity index (χ0n) is 7.00. The van der Waals surface area contributed by atoms with E-state index in [1.165, 1.54) is 0 Å². The summed E-state index contributed by atoms with van der Waals surface area (Å²) in [6.07, 6.45) is 0.722. The molecule has 0 bridgehead atoms. The summed E-state index contributed by atoms with van der Waals surface area (Å²) < 4.78 is 23.0. The highest BCUT2D eigenvalue weighted by Crippen LogP contribution is 2.15. The van der Waals surface area contributed by atoms with E-state index in [-0.39, 0.29) is 10.5 Å². The minimum atomic E-state index is -2.81. The maximum absolute atomic E-state index is 11.5. The van der Waals surface area contributed by atoms with Crippen molar-refractivity contribution in [3.05, 3.63) is 0 Å². The van der Waals surface area contributed by atoms with Gasteiger partial charge in [-0.25, -0.2) is 8.42 Å². The molecule has 1 saturated heterocycles. The zero-order valence-corrected chi connectivity index (χ0v) is 7.82. The van der Waals surface area contributed by atoms with Crippen LogP contribution in [0.15, 0.2) is 0 Å². The molecule has 1 rings (SSSR count). The highest BCUT2D eigenvalue weighted by atomic mass is 32.2. The van der Waals surface area contributed by atoms with Gasteiger partial charge in [0.1, 0.15) is 0 Å². The molecule has 0 aromatic carbocycles. The molecule has 2 atom stereocenters. The quantitative estimate of drug-likeness (QED) is 0.621. The summed E-state index contributed by atoms with van der Waals surface area (Å²) in [5.41, 5.74) is 0. The van der Waals surface area contributed by atoms with E-state index in [2.05, 4.69) is 5.32 Å². The van der Waals surface area contributed by atoms with Crippen molar-refractivity contribution in [2.75, 3.05) is 13.1 Å². The Hall–Kier alpha value is -0.0900. The molecule has 0 spiro atoms. The van der Waals surface area contributed by atoms with Crippen LogP contribution in [0.25, 0.3) is 0 Å². The predicted octanol–water partition coefficient (Wildman–Crippen LogP) is 0.171. The molecule has 1 N–H and O–H groups in total. The first kappa shape index (κ1) is 9.00. The van der Waals surface area contributed by atoms with Gasteiger partial charge in [0.25, 0.3) is 0 Å². The van der Waals surface area contributed by atoms with Gasteiger partial charge < -0.3 is 5.32 Å². The summed E-state index contributed by atoms with van der Waals surface area (Å²) >= 11 is 0. The van der Waals surface area contributed by atoms with Crippen LogP contribution in [0.4, 0.5) is 0 Å². The van der Waals surface area contributed by atoms with Gasteiger partial charge in [0.2, 0.25) is 0 Å². The van der Waals surface area contributed by atoms with Crippen molar-refractivity contribution in [1.82, 2.24) is 5.32 Å². The fourth-order valence-corrected chi connectivity index (χ4v) is 3.21. The molecule has 0 saturated carbocycles. The van der Waals surface area contributed by atoms with E-state index in [1.807, 2.05) is 6.92 Å². The van der Waals surface area contributed by atoms with Crippen molar-refractivity contribution in [3.63, 3.8) is 0 Å². The number of hydrogen-bond acceptors (Lipinski definition) is 3. The fraction of sp³-hybridized carbons (Fsp3) is 1.00. The Bertz CT molecular complexity index is 223. The van der Waals surface area contributed by atoms with Gasteiger partial charge in [-0.15, -0.1) is 0 Å². The van der Waals surface area contributed by atoms with Gasteiger partial charge in [0.15, 0.2) is 9.84 Å². The molecule has 0 aliphatic carbocycles. The first-order valence-electron chi connectivity index (χ1n) is 4.02. The van der Waals surface area contributed by atoms with Gasteiger partial charge in [-0.3, -0.25) is 0 Å². The first-order chi connectivity index (χ1) is 5.09. The van der Waals surface area contributed by atoms with Crippen molar-refractivity contribution in [2.45, 2.75) is 30.8 Å². The van der Waals surface area contributed by atoms with Crippen LogP contribution in [0, 0.1) is 0 Å². The Labute approximate surface area is 68.1 Å². The predicted molar refractivity (Wildman–Crippen MR) is 45.3 cm³/mol. The largest absolute Gasteiger partial charge is 0.314 e. The summed E-state index contributed by atoms with van der Waals surface area (Å²) in [5.74, 6) is 0. The monoisotopic (exact) mass is 177 g/mol. The smallest absolute Gasteiger partial charge is 0.158 e. The average molecular weight is 177 g/mol. The molecule has 2 unspecified atom stereocenters. The number of rotatable bonds is 1. The number of hydrogen-bond donors (Lipinski definition) is 1. The topological polar surface area (TPSA) is 46.2 Å². The molecule has 3 nitrogen and oxygen atoms in total. The van der Waals surface area contributed by atoms with Crippen LogP contribution in [-0.2, 0) is 9.84 Å². The Morgan fingerprint density at radius 1 is 1.45 bits per heavy atom. The molecule has 1 fully saturated rings. The third-order valence-corrected chi connectivity index (χ3v) is 5.00. The number of nitrogens with one attached hydrogen (secondary N) is 1. The Morgan fingerprint density at radius 2 is 2.09 bits per heavy atom. The minimum Gasteiger partial charge on any atom is -0.314 e. The Kier molecular flexibility index (Phi) is 2.54. The zero-order chi connectivity index (χ0) is 8.48. The van der Waals surface area contributed by atoms with Crippen molar-refractivity contribution in [3.8, 4) is 0 Å². The van der Waals surface area contributed by atoms with E-state index in [0.29, 0.717) is 13.1 Å². The standard InChI is InChI=1S/C7H15NO2S/c1-3-7-5-8-4-6(2)11(7,9)10/h6-8H,3-5H2,1-2H3. The summed E-state index contributed by atoms with van der Waals surface area (Å²) in [7, 11) is -2.81. The highest BCUT2D eigenvalue weighted by Gasteiger charge is 2.33. The van der Waals surface area contributed by atoms with Gasteiger partial charge in [-0.1, -0.05) is 6.92 Å². The lowest BCUT2D eigenvalue weighted by atomic mass is 10.3. The molecule has 0 amide bonds. The molecule has 0 aromatic rings. The van der Waals surface area contributed by atoms with Gasteiger partial charge in [0, 0.05) is 13.1 Å². The second-order valence-corrected chi connectivity index (χ2v) is 5.74. The molecular weight excluding hydrogens is 162 g/mol. The molecule has 4 heteroatoms. The van der Waals surface area contributed by atoms with E-state index < -0.39 is 9.84 Å². The van der Waals surface area contributed by atoms with E-state index >= 15 is 0 Å². The van der Waals surface area contributed by atoms with Gasteiger partial charge in [0.05, 0.1) is 10.5 Å². The lowest BCUT2D eigenvalue weighted by molar-refractivity contribution is 0.515. The molecule has 66 valence electrons. The van der Waals surface area contributed by atoms with Crippen LogP contribution in [0.2, 0.25) is 0 Å². The summed E-state index contributed by atoms with van der Waals surface area (Å²) in [6, 6.07) is 0. The molecular formula is C7H15NO2S. The molecule has 11 heavy (non-hydrogen) atoms. The van der Waals surface area contributed by atoms with Crippen LogP contribution in [-0.4, -0.2) is 32.0 Å². The van der Waals surface area contributed by atoms with Crippen LogP contribution in [0.3, 0.4) is 0 Å². The van der Waals surface area contributed by atoms with Gasteiger partial charge in [-0.2, -0.15) is 0 Å². The second-order valence-electron chi connectivity index (χ2n) is 3.09. The van der Waals surface area contributed by atoms with Crippen LogP contribution in [0.1, 0.15) is 20.3 Å². The van der Waals surface area contributed by atoms with E-state index in [9.17, 15) is 8.42 Å². The van der Waals surface area contributed by atoms with Gasteiger partial charge >= 0.3 is 0 Å². The molecule has 1 heterocycles. The summed E-state index contributed by atoms with van der Waals surface area (Å²) in [6.45, 7) is 4.92. The van der Waals surface area contributed by atoms with Crippen LogP contribution < -0.4 is 5.32 Å². The highest BCUT2D eigenvalue weighted by molar-refractivity contribution is 7.92. The third kappa shape index (κ3) is 1.56. The average Bonchev–Trinajstić information content (AvgIpc) is 1.95. The van der Waals surface area contributed by atoms with E-state index in [1.54, 1.807) is 6.92 Å². The molecule has 0 aromatic heterocycles.